The van der Waals surface area contributed by atoms with Crippen LogP contribution in [0.25, 0.3) is 0 Å². The Bertz CT molecular complexity index is 1080. The number of hydrogen-bond acceptors (Lipinski definition) is 6. The van der Waals surface area contributed by atoms with E-state index in [-0.39, 0.29) is 13.2 Å². The number of hydrogen-bond donors (Lipinski definition) is 2. The summed E-state index contributed by atoms with van der Waals surface area (Å²) in [6.45, 7) is 1.35. The fourth-order valence-electron chi connectivity index (χ4n) is 3.44. The molecule has 2 aliphatic heterocycles. The van der Waals surface area contributed by atoms with Crippen molar-refractivity contribution >= 4 is 23.5 Å². The molecule has 0 bridgehead atoms. The van der Waals surface area contributed by atoms with Crippen LogP contribution in [0.1, 0.15) is 18.1 Å². The molecule has 4 amide bonds. The summed E-state index contributed by atoms with van der Waals surface area (Å²) < 4.78 is 10.6. The standard InChI is InChI=1S/C21H18N4O5/c1-21(9-14-4-7-16-17(8-14)30-12-29-16)19(27)25(20(28)24-21)11-18(26)23-15-5-2-13(10-22)3-6-15/h2-8H,9,11-12H2,1H3,(H,23,26)(H,24,28)/t21-/m0/s1. The minimum atomic E-state index is -1.18. The molecule has 1 fully saturated rings. The minimum absolute atomic E-state index is 0.147. The number of nitrogens with one attached hydrogen (secondary N) is 2. The Balaban J connectivity index is 1.42. The van der Waals surface area contributed by atoms with Crippen LogP contribution in [0.5, 0.6) is 11.5 Å². The number of anilines is 1. The number of ether oxygens (including phenoxy) is 2. The van der Waals surface area contributed by atoms with Gasteiger partial charge < -0.3 is 20.1 Å². The topological polar surface area (TPSA) is 121 Å². The lowest BCUT2D eigenvalue weighted by Gasteiger charge is -2.22. The first kappa shape index (κ1) is 19.3. The fourth-order valence-corrected chi connectivity index (χ4v) is 3.44. The van der Waals surface area contributed by atoms with Gasteiger partial charge in [0.15, 0.2) is 11.5 Å². The number of amides is 4. The Hall–Kier alpha value is -4.06. The van der Waals surface area contributed by atoms with Gasteiger partial charge in [-0.3, -0.25) is 14.5 Å². The second-order valence-corrected chi connectivity index (χ2v) is 7.26. The third-order valence-electron chi connectivity index (χ3n) is 4.94. The zero-order chi connectivity index (χ0) is 21.3. The van der Waals surface area contributed by atoms with Gasteiger partial charge in [-0.15, -0.1) is 0 Å². The van der Waals surface area contributed by atoms with Gasteiger partial charge in [0.25, 0.3) is 5.91 Å². The summed E-state index contributed by atoms with van der Waals surface area (Å²) >= 11 is 0. The van der Waals surface area contributed by atoms with Crippen molar-refractivity contribution in [1.82, 2.24) is 10.2 Å². The lowest BCUT2D eigenvalue weighted by atomic mass is 9.92. The van der Waals surface area contributed by atoms with Gasteiger partial charge in [0.2, 0.25) is 12.7 Å². The number of urea groups is 1. The summed E-state index contributed by atoms with van der Waals surface area (Å²) in [5, 5.41) is 14.1. The Labute approximate surface area is 172 Å². The first-order valence-corrected chi connectivity index (χ1v) is 9.21. The van der Waals surface area contributed by atoms with Gasteiger partial charge in [0.05, 0.1) is 11.6 Å². The monoisotopic (exact) mass is 406 g/mol. The quantitative estimate of drug-likeness (QED) is 0.730. The molecule has 4 rings (SSSR count). The molecule has 152 valence electrons. The van der Waals surface area contributed by atoms with Gasteiger partial charge in [0, 0.05) is 12.1 Å². The van der Waals surface area contributed by atoms with Crippen molar-refractivity contribution in [2.75, 3.05) is 18.7 Å². The molecule has 2 aliphatic rings. The highest BCUT2D eigenvalue weighted by atomic mass is 16.7. The number of fused-ring (bicyclic) bond motifs is 1. The molecule has 0 saturated carbocycles. The summed E-state index contributed by atoms with van der Waals surface area (Å²) in [4.78, 5) is 38.5. The van der Waals surface area contributed by atoms with Gasteiger partial charge in [0.1, 0.15) is 12.1 Å². The predicted octanol–water partition coefficient (Wildman–Crippen LogP) is 1.78. The van der Waals surface area contributed by atoms with Gasteiger partial charge in [-0.2, -0.15) is 5.26 Å². The molecule has 0 spiro atoms. The molecular weight excluding hydrogens is 388 g/mol. The van der Waals surface area contributed by atoms with E-state index in [4.69, 9.17) is 14.7 Å². The number of benzene rings is 2. The van der Waals surface area contributed by atoms with Crippen LogP contribution in [-0.2, 0) is 16.0 Å². The Morgan fingerprint density at radius 1 is 1.20 bits per heavy atom. The Morgan fingerprint density at radius 2 is 1.93 bits per heavy atom. The van der Waals surface area contributed by atoms with Crippen molar-refractivity contribution in [3.63, 3.8) is 0 Å². The molecule has 0 aliphatic carbocycles. The van der Waals surface area contributed by atoms with Gasteiger partial charge >= 0.3 is 6.03 Å². The van der Waals surface area contributed by atoms with E-state index in [1.165, 1.54) is 0 Å². The maximum absolute atomic E-state index is 12.9. The zero-order valence-electron chi connectivity index (χ0n) is 16.1. The van der Waals surface area contributed by atoms with Crippen LogP contribution in [0.2, 0.25) is 0 Å². The first-order valence-electron chi connectivity index (χ1n) is 9.21. The molecule has 30 heavy (non-hydrogen) atoms. The first-order chi connectivity index (χ1) is 14.4. The number of imide groups is 1. The maximum Gasteiger partial charge on any atom is 0.325 e. The average molecular weight is 406 g/mol. The summed E-state index contributed by atoms with van der Waals surface area (Å²) in [7, 11) is 0. The van der Waals surface area contributed by atoms with Gasteiger partial charge in [-0.05, 0) is 48.9 Å². The number of carbonyl (C=O) groups is 3. The molecule has 2 heterocycles. The van der Waals surface area contributed by atoms with E-state index < -0.39 is 29.9 Å². The van der Waals surface area contributed by atoms with E-state index in [1.54, 1.807) is 49.4 Å². The fraction of sp³-hybridized carbons (Fsp3) is 0.238. The van der Waals surface area contributed by atoms with Crippen molar-refractivity contribution in [3.05, 3.63) is 53.6 Å². The summed E-state index contributed by atoms with van der Waals surface area (Å²) in [6, 6.07) is 13.0. The molecule has 2 aromatic rings. The third-order valence-corrected chi connectivity index (χ3v) is 4.94. The van der Waals surface area contributed by atoms with Crippen LogP contribution < -0.4 is 20.1 Å². The van der Waals surface area contributed by atoms with E-state index in [9.17, 15) is 14.4 Å². The normalized spacial score (nSPS) is 19.4. The van der Waals surface area contributed by atoms with E-state index >= 15 is 0 Å². The third kappa shape index (κ3) is 3.63. The minimum Gasteiger partial charge on any atom is -0.454 e. The highest BCUT2D eigenvalue weighted by Gasteiger charge is 2.48. The van der Waals surface area contributed by atoms with Gasteiger partial charge in [-0.1, -0.05) is 6.07 Å². The predicted molar refractivity (Wildman–Crippen MR) is 105 cm³/mol. The van der Waals surface area contributed by atoms with E-state index in [0.29, 0.717) is 22.7 Å². The van der Waals surface area contributed by atoms with Crippen LogP contribution in [-0.4, -0.2) is 41.6 Å². The molecule has 9 nitrogen and oxygen atoms in total. The Morgan fingerprint density at radius 3 is 2.67 bits per heavy atom. The van der Waals surface area contributed by atoms with Crippen molar-refractivity contribution in [3.8, 4) is 17.6 Å². The molecule has 9 heteroatoms. The molecule has 2 aromatic carbocycles. The molecule has 0 unspecified atom stereocenters. The van der Waals surface area contributed by atoms with Crippen molar-refractivity contribution < 1.29 is 23.9 Å². The zero-order valence-corrected chi connectivity index (χ0v) is 16.1. The SMILES string of the molecule is C[C@@]1(Cc2ccc3c(c2)OCO3)NC(=O)N(CC(=O)Nc2ccc(C#N)cc2)C1=O. The molecule has 0 aromatic heterocycles. The van der Waals surface area contributed by atoms with Crippen LogP contribution >= 0.6 is 0 Å². The molecule has 2 N–H and O–H groups in total. The molecule has 1 saturated heterocycles. The van der Waals surface area contributed by atoms with Crippen molar-refractivity contribution in [2.45, 2.75) is 18.9 Å². The molecular formula is C21H18N4O5. The van der Waals surface area contributed by atoms with Crippen LogP contribution in [0.3, 0.4) is 0 Å². The average Bonchev–Trinajstić information content (AvgIpc) is 3.26. The highest BCUT2D eigenvalue weighted by molar-refractivity contribution is 6.10. The lowest BCUT2D eigenvalue weighted by Crippen LogP contribution is -2.46. The van der Waals surface area contributed by atoms with E-state index in [0.717, 1.165) is 10.5 Å². The Kier molecular flexibility index (Phi) is 4.75. The van der Waals surface area contributed by atoms with Crippen LogP contribution in [0.15, 0.2) is 42.5 Å². The van der Waals surface area contributed by atoms with Crippen LogP contribution in [0, 0.1) is 11.3 Å². The second kappa shape index (κ2) is 7.40. The maximum atomic E-state index is 12.9. The number of carbonyl (C=O) groups excluding carboxylic acids is 3. The van der Waals surface area contributed by atoms with Crippen molar-refractivity contribution in [2.24, 2.45) is 0 Å². The van der Waals surface area contributed by atoms with E-state index in [2.05, 4.69) is 10.6 Å². The largest absolute Gasteiger partial charge is 0.454 e. The van der Waals surface area contributed by atoms with Crippen molar-refractivity contribution in [1.29, 1.82) is 5.26 Å². The van der Waals surface area contributed by atoms with Gasteiger partial charge in [-0.25, -0.2) is 4.79 Å². The van der Waals surface area contributed by atoms with Crippen LogP contribution in [0.4, 0.5) is 10.5 Å². The lowest BCUT2D eigenvalue weighted by molar-refractivity contribution is -0.133. The number of nitrogens with zero attached hydrogens (tertiary/aromatic N) is 2. The number of nitriles is 1. The summed E-state index contributed by atoms with van der Waals surface area (Å²) in [5.74, 6) is 0.217. The highest BCUT2D eigenvalue weighted by Crippen LogP contribution is 2.34. The molecule has 0 radical (unpaired) electrons. The van der Waals surface area contributed by atoms with E-state index in [1.807, 2.05) is 6.07 Å². The molecule has 1 atom stereocenters. The smallest absolute Gasteiger partial charge is 0.325 e. The second-order valence-electron chi connectivity index (χ2n) is 7.26. The summed E-state index contributed by atoms with van der Waals surface area (Å²) in [5.41, 5.74) is 0.536. The summed E-state index contributed by atoms with van der Waals surface area (Å²) in [6.07, 6.45) is 0.238. The number of rotatable bonds is 5.